The van der Waals surface area contributed by atoms with Crippen LogP contribution in [0.2, 0.25) is 0 Å². The van der Waals surface area contributed by atoms with Crippen LogP contribution >= 0.6 is 0 Å². The second-order valence-corrected chi connectivity index (χ2v) is 7.76. The van der Waals surface area contributed by atoms with Gasteiger partial charge >= 0.3 is 6.18 Å². The second kappa shape index (κ2) is 8.32. The van der Waals surface area contributed by atoms with Crippen molar-refractivity contribution in [3.63, 3.8) is 0 Å². The number of alkyl halides is 3. The van der Waals surface area contributed by atoms with E-state index in [4.69, 9.17) is 0 Å². The number of aryl methyl sites for hydroxylation is 1. The monoisotopic (exact) mass is 469 g/mol. The molecule has 0 saturated heterocycles. The third-order valence-corrected chi connectivity index (χ3v) is 5.49. The molecule has 0 atom stereocenters. The zero-order valence-electron chi connectivity index (χ0n) is 17.9. The minimum atomic E-state index is -4.62. The number of carbonyl (C=O) groups is 1. The Labute approximate surface area is 191 Å². The third-order valence-electron chi connectivity index (χ3n) is 5.49. The fourth-order valence-corrected chi connectivity index (χ4v) is 3.96. The molecule has 2 aromatic heterocycles. The number of aliphatic imine (C=N–C) groups is 1. The third kappa shape index (κ3) is 4.00. The van der Waals surface area contributed by atoms with Crippen LogP contribution in [-0.4, -0.2) is 60.5 Å². The molecule has 0 radical (unpaired) electrons. The molecule has 0 bridgehead atoms. The van der Waals surface area contributed by atoms with Gasteiger partial charge in [-0.05, 0) is 35.9 Å². The van der Waals surface area contributed by atoms with E-state index in [2.05, 4.69) is 30.5 Å². The molecular weight excluding hydrogens is 451 g/mol. The molecule has 1 amide bonds. The van der Waals surface area contributed by atoms with Crippen molar-refractivity contribution < 1.29 is 18.0 Å². The molecule has 2 aliphatic rings. The Morgan fingerprint density at radius 3 is 2.65 bits per heavy atom. The summed E-state index contributed by atoms with van der Waals surface area (Å²) in [6.07, 6.45) is 0.189. The lowest BCUT2D eigenvalue weighted by Gasteiger charge is -2.34. The van der Waals surface area contributed by atoms with Gasteiger partial charge in [0.2, 0.25) is 5.91 Å². The minimum Gasteiger partial charge on any atom is -0.341 e. The SMILES string of the molecule is Cc1nc2c(c(C(F)(F)F)n1)CCC(=O)N2CN1C=NC(c2ccccc2-n2cnnn2)=CC1. The van der Waals surface area contributed by atoms with Crippen LogP contribution in [0.5, 0.6) is 0 Å². The molecule has 4 heterocycles. The molecule has 13 heteroatoms. The van der Waals surface area contributed by atoms with Crippen molar-refractivity contribution in [1.29, 1.82) is 0 Å². The molecular formula is C21H18F3N9O. The van der Waals surface area contributed by atoms with Gasteiger partial charge in [0, 0.05) is 24.1 Å². The molecule has 34 heavy (non-hydrogen) atoms. The number of amides is 1. The van der Waals surface area contributed by atoms with Crippen molar-refractivity contribution >= 4 is 23.8 Å². The van der Waals surface area contributed by atoms with Crippen molar-refractivity contribution in [3.05, 3.63) is 59.3 Å². The summed E-state index contributed by atoms with van der Waals surface area (Å²) in [7, 11) is 0. The number of tetrazole rings is 1. The fourth-order valence-electron chi connectivity index (χ4n) is 3.96. The van der Waals surface area contributed by atoms with E-state index >= 15 is 0 Å². The summed E-state index contributed by atoms with van der Waals surface area (Å²) in [5.41, 5.74) is 1.20. The Hall–Kier alpha value is -4.16. The molecule has 174 valence electrons. The van der Waals surface area contributed by atoms with Crippen molar-refractivity contribution in [2.45, 2.75) is 25.9 Å². The van der Waals surface area contributed by atoms with Crippen LogP contribution in [0.25, 0.3) is 11.4 Å². The van der Waals surface area contributed by atoms with Crippen molar-refractivity contribution in [1.82, 2.24) is 35.1 Å². The highest BCUT2D eigenvalue weighted by molar-refractivity contribution is 5.95. The number of hydrogen-bond acceptors (Lipinski definition) is 8. The zero-order chi connectivity index (χ0) is 23.9. The van der Waals surface area contributed by atoms with Crippen LogP contribution in [0.4, 0.5) is 19.0 Å². The lowest BCUT2D eigenvalue weighted by atomic mass is 10.0. The predicted octanol–water partition coefficient (Wildman–Crippen LogP) is 2.40. The normalized spacial score (nSPS) is 16.0. The molecule has 0 aliphatic carbocycles. The van der Waals surface area contributed by atoms with Crippen LogP contribution in [0.3, 0.4) is 0 Å². The molecule has 1 aromatic carbocycles. The topological polar surface area (TPSA) is 105 Å². The van der Waals surface area contributed by atoms with Crippen molar-refractivity contribution in [2.24, 2.45) is 4.99 Å². The van der Waals surface area contributed by atoms with E-state index in [1.165, 1.54) is 22.8 Å². The quantitative estimate of drug-likeness (QED) is 0.578. The minimum absolute atomic E-state index is 0.00304. The molecule has 0 saturated carbocycles. The summed E-state index contributed by atoms with van der Waals surface area (Å²) in [4.78, 5) is 27.9. The largest absolute Gasteiger partial charge is 0.433 e. The summed E-state index contributed by atoms with van der Waals surface area (Å²) in [5, 5.41) is 11.3. The molecule has 0 spiro atoms. The molecule has 0 unspecified atom stereocenters. The number of anilines is 1. The number of rotatable bonds is 4. The lowest BCUT2D eigenvalue weighted by molar-refractivity contribution is -0.142. The Balaban J connectivity index is 1.39. The number of aromatic nitrogens is 6. The fraction of sp³-hybridized carbons (Fsp3) is 0.286. The maximum atomic E-state index is 13.5. The van der Waals surface area contributed by atoms with Gasteiger partial charge in [-0.3, -0.25) is 9.69 Å². The number of carbonyl (C=O) groups excluding carboxylic acids is 1. The molecule has 10 nitrogen and oxygen atoms in total. The second-order valence-electron chi connectivity index (χ2n) is 7.76. The standard InChI is InChI=1S/C21H18F3N9O/c1-13-27-19(21(22,23)24)15-6-7-18(34)32(20(15)28-13)12-31-9-8-16(25-10-31)14-4-2-3-5-17(14)33-11-26-29-30-33/h2-5,8,10-11H,6-7,9,12H2,1H3. The van der Waals surface area contributed by atoms with E-state index in [0.29, 0.717) is 12.2 Å². The van der Waals surface area contributed by atoms with Crippen LogP contribution in [0, 0.1) is 6.92 Å². The number of para-hydroxylation sites is 1. The average molecular weight is 469 g/mol. The number of fused-ring (bicyclic) bond motifs is 1. The first kappa shape index (κ1) is 21.7. The van der Waals surface area contributed by atoms with Gasteiger partial charge in [-0.25, -0.2) is 15.0 Å². The highest BCUT2D eigenvalue weighted by Gasteiger charge is 2.40. The lowest BCUT2D eigenvalue weighted by Crippen LogP contribution is -2.45. The van der Waals surface area contributed by atoms with Gasteiger partial charge in [-0.15, -0.1) is 5.10 Å². The summed E-state index contributed by atoms with van der Waals surface area (Å²) in [5.74, 6) is -0.339. The Bertz CT molecular complexity index is 1300. The van der Waals surface area contributed by atoms with Crippen LogP contribution in [0.1, 0.15) is 29.1 Å². The molecule has 2 aliphatic heterocycles. The summed E-state index contributed by atoms with van der Waals surface area (Å²) < 4.78 is 42.1. The first-order valence-corrected chi connectivity index (χ1v) is 10.4. The van der Waals surface area contributed by atoms with Gasteiger partial charge in [0.25, 0.3) is 0 Å². The summed E-state index contributed by atoms with van der Waals surface area (Å²) >= 11 is 0. The van der Waals surface area contributed by atoms with Gasteiger partial charge < -0.3 is 4.90 Å². The van der Waals surface area contributed by atoms with Crippen LogP contribution < -0.4 is 4.90 Å². The number of hydrogen-bond donors (Lipinski definition) is 0. The van der Waals surface area contributed by atoms with Crippen LogP contribution in [0.15, 0.2) is 41.7 Å². The first-order valence-electron chi connectivity index (χ1n) is 10.4. The smallest absolute Gasteiger partial charge is 0.341 e. The maximum Gasteiger partial charge on any atom is 0.433 e. The van der Waals surface area contributed by atoms with E-state index in [1.807, 2.05) is 30.3 Å². The highest BCUT2D eigenvalue weighted by Crippen LogP contribution is 2.37. The van der Waals surface area contributed by atoms with E-state index in [-0.39, 0.29) is 42.6 Å². The summed E-state index contributed by atoms with van der Waals surface area (Å²) in [6.45, 7) is 1.78. The van der Waals surface area contributed by atoms with Gasteiger partial charge in [0.05, 0.1) is 17.7 Å². The van der Waals surface area contributed by atoms with Crippen molar-refractivity contribution in [3.8, 4) is 5.69 Å². The van der Waals surface area contributed by atoms with E-state index in [1.54, 1.807) is 11.2 Å². The van der Waals surface area contributed by atoms with Gasteiger partial charge in [-0.1, -0.05) is 18.2 Å². The zero-order valence-corrected chi connectivity index (χ0v) is 17.9. The average Bonchev–Trinajstić information content (AvgIpc) is 3.35. The summed E-state index contributed by atoms with van der Waals surface area (Å²) in [6, 6.07) is 7.48. The molecule has 0 fully saturated rings. The number of nitrogens with zero attached hydrogens (tertiary/aromatic N) is 9. The molecule has 5 rings (SSSR count). The predicted molar refractivity (Wildman–Crippen MR) is 115 cm³/mol. The Morgan fingerprint density at radius 1 is 1.12 bits per heavy atom. The first-order chi connectivity index (χ1) is 16.3. The Kier molecular flexibility index (Phi) is 5.30. The van der Waals surface area contributed by atoms with Gasteiger partial charge in [0.15, 0.2) is 5.69 Å². The van der Waals surface area contributed by atoms with Gasteiger partial charge in [-0.2, -0.15) is 17.9 Å². The number of benzene rings is 1. The van der Waals surface area contributed by atoms with Crippen molar-refractivity contribution in [2.75, 3.05) is 18.1 Å². The maximum absolute atomic E-state index is 13.5. The van der Waals surface area contributed by atoms with E-state index < -0.39 is 11.9 Å². The van der Waals surface area contributed by atoms with Crippen LogP contribution in [-0.2, 0) is 17.4 Å². The molecule has 3 aromatic rings. The Morgan fingerprint density at radius 2 is 1.94 bits per heavy atom. The number of halogens is 3. The molecule has 0 N–H and O–H groups in total. The van der Waals surface area contributed by atoms with E-state index in [9.17, 15) is 18.0 Å². The highest BCUT2D eigenvalue weighted by atomic mass is 19.4. The van der Waals surface area contributed by atoms with Gasteiger partial charge in [0.1, 0.15) is 24.6 Å². The van der Waals surface area contributed by atoms with E-state index in [0.717, 1.165) is 11.3 Å².